The molecule has 1 atom stereocenters. The quantitative estimate of drug-likeness (QED) is 0.786. The van der Waals surface area contributed by atoms with Crippen LogP contribution in [0.15, 0.2) is 0 Å². The summed E-state index contributed by atoms with van der Waals surface area (Å²) in [4.78, 5) is 4.79. The summed E-state index contributed by atoms with van der Waals surface area (Å²) in [6.07, 6.45) is 9.35. The zero-order valence-electron chi connectivity index (χ0n) is 9.51. The van der Waals surface area contributed by atoms with Crippen molar-refractivity contribution in [3.8, 4) is 0 Å². The smallest absolute Gasteiger partial charge is 0.278 e. The number of nitrogens with two attached hydrogens (primary N) is 1. The van der Waals surface area contributed by atoms with Gasteiger partial charge >= 0.3 is 5.13 Å². The first-order valence-corrected chi connectivity index (χ1v) is 6.90. The highest BCUT2D eigenvalue weighted by Crippen LogP contribution is 2.31. The van der Waals surface area contributed by atoms with Gasteiger partial charge in [0.15, 0.2) is 0 Å². The molecule has 2 nitrogen and oxygen atoms in total. The molecule has 3 heteroatoms. The molecule has 2 rings (SSSR count). The average Bonchev–Trinajstić information content (AvgIpc) is 2.57. The van der Waals surface area contributed by atoms with Crippen molar-refractivity contribution in [1.82, 2.24) is 0 Å². The van der Waals surface area contributed by atoms with Crippen LogP contribution in [0, 0.1) is 5.92 Å². The van der Waals surface area contributed by atoms with Crippen molar-refractivity contribution < 1.29 is 4.98 Å². The van der Waals surface area contributed by atoms with Gasteiger partial charge in [-0.15, -0.1) is 0 Å². The number of aromatic nitrogens is 1. The lowest BCUT2D eigenvalue weighted by molar-refractivity contribution is -0.368. The maximum absolute atomic E-state index is 5.79. The Morgan fingerprint density at radius 2 is 2.33 bits per heavy atom. The van der Waals surface area contributed by atoms with Gasteiger partial charge in [0.1, 0.15) is 5.69 Å². The number of rotatable bonds is 4. The third kappa shape index (κ3) is 2.71. The Balaban J connectivity index is 1.88. The molecule has 0 amide bonds. The Kier molecular flexibility index (Phi) is 3.62. The van der Waals surface area contributed by atoms with E-state index >= 15 is 0 Å². The summed E-state index contributed by atoms with van der Waals surface area (Å²) < 4.78 is 0. The van der Waals surface area contributed by atoms with Gasteiger partial charge in [0.25, 0.3) is 0 Å². The highest BCUT2D eigenvalue weighted by molar-refractivity contribution is 7.15. The summed E-state index contributed by atoms with van der Waals surface area (Å²) in [7, 11) is 0. The van der Waals surface area contributed by atoms with Crippen LogP contribution in [0.25, 0.3) is 0 Å². The van der Waals surface area contributed by atoms with Crippen molar-refractivity contribution in [2.45, 2.75) is 51.9 Å². The van der Waals surface area contributed by atoms with Gasteiger partial charge in [-0.2, -0.15) is 0 Å². The second kappa shape index (κ2) is 4.97. The number of hydrogen-bond donors (Lipinski definition) is 1. The van der Waals surface area contributed by atoms with E-state index in [0.717, 1.165) is 11.0 Å². The van der Waals surface area contributed by atoms with Crippen LogP contribution >= 0.6 is 11.3 Å². The average molecular weight is 225 g/mol. The number of anilines is 1. The molecule has 1 aliphatic rings. The van der Waals surface area contributed by atoms with E-state index in [-0.39, 0.29) is 0 Å². The SMILES string of the molecule is CCCCCC1CCc2[nH+]c(N)sc2C1. The van der Waals surface area contributed by atoms with E-state index in [1.165, 1.54) is 55.5 Å². The first-order valence-electron chi connectivity index (χ1n) is 6.09. The van der Waals surface area contributed by atoms with Crippen molar-refractivity contribution in [2.24, 2.45) is 5.92 Å². The van der Waals surface area contributed by atoms with Gasteiger partial charge in [0, 0.05) is 6.42 Å². The predicted molar refractivity (Wildman–Crippen MR) is 64.9 cm³/mol. The maximum Gasteiger partial charge on any atom is 0.329 e. The second-order valence-electron chi connectivity index (χ2n) is 4.60. The van der Waals surface area contributed by atoms with Crippen LogP contribution in [0.2, 0.25) is 0 Å². The molecule has 0 bridgehead atoms. The maximum atomic E-state index is 5.79. The zero-order chi connectivity index (χ0) is 10.7. The van der Waals surface area contributed by atoms with Gasteiger partial charge in [0.2, 0.25) is 0 Å². The van der Waals surface area contributed by atoms with E-state index < -0.39 is 0 Å². The van der Waals surface area contributed by atoms with E-state index in [1.807, 2.05) is 0 Å². The van der Waals surface area contributed by atoms with Gasteiger partial charge in [0.05, 0.1) is 4.88 Å². The van der Waals surface area contributed by atoms with Gasteiger partial charge in [-0.05, 0) is 18.8 Å². The van der Waals surface area contributed by atoms with Crippen LogP contribution in [0.3, 0.4) is 0 Å². The number of unbranched alkanes of at least 4 members (excludes halogenated alkanes) is 2. The number of fused-ring (bicyclic) bond motifs is 1. The fraction of sp³-hybridized carbons (Fsp3) is 0.750. The topological polar surface area (TPSA) is 40.2 Å². The van der Waals surface area contributed by atoms with E-state index in [2.05, 4.69) is 11.9 Å². The van der Waals surface area contributed by atoms with E-state index in [1.54, 1.807) is 11.3 Å². The molecule has 0 radical (unpaired) electrons. The summed E-state index contributed by atoms with van der Waals surface area (Å²) in [5.41, 5.74) is 7.20. The second-order valence-corrected chi connectivity index (χ2v) is 5.73. The molecule has 0 aromatic carbocycles. The molecule has 1 heterocycles. The van der Waals surface area contributed by atoms with Gasteiger partial charge in [-0.1, -0.05) is 43.9 Å². The zero-order valence-corrected chi connectivity index (χ0v) is 10.3. The first-order chi connectivity index (χ1) is 7.29. The summed E-state index contributed by atoms with van der Waals surface area (Å²) >= 11 is 1.76. The molecule has 84 valence electrons. The lowest BCUT2D eigenvalue weighted by Gasteiger charge is -2.19. The number of H-pyrrole nitrogens is 1. The van der Waals surface area contributed by atoms with Gasteiger partial charge in [-0.25, -0.2) is 4.98 Å². The fourth-order valence-electron chi connectivity index (χ4n) is 2.45. The lowest BCUT2D eigenvalue weighted by atomic mass is 9.87. The van der Waals surface area contributed by atoms with E-state index in [4.69, 9.17) is 5.73 Å². The summed E-state index contributed by atoms with van der Waals surface area (Å²) in [6.45, 7) is 2.27. The molecule has 0 saturated carbocycles. The number of nitrogen functional groups attached to an aromatic ring is 1. The van der Waals surface area contributed by atoms with Crippen molar-refractivity contribution >= 4 is 16.5 Å². The Bertz CT molecular complexity index is 319. The third-order valence-electron chi connectivity index (χ3n) is 3.34. The molecule has 15 heavy (non-hydrogen) atoms. The molecule has 3 N–H and O–H groups in total. The number of aryl methyl sites for hydroxylation is 1. The van der Waals surface area contributed by atoms with Crippen LogP contribution in [-0.4, -0.2) is 0 Å². The lowest BCUT2D eigenvalue weighted by Crippen LogP contribution is -2.19. The summed E-state index contributed by atoms with van der Waals surface area (Å²) in [5.74, 6) is 0.912. The standard InChI is InChI=1S/C12H20N2S/c1-2-3-4-5-9-6-7-10-11(8-9)15-12(13)14-10/h9H,2-8H2,1H3,(H2,13,14)/p+1. The molecule has 0 fully saturated rings. The molecule has 0 spiro atoms. The molecule has 1 aromatic rings. The number of hydrogen-bond acceptors (Lipinski definition) is 2. The normalized spacial score (nSPS) is 20.2. The van der Waals surface area contributed by atoms with Crippen LogP contribution in [-0.2, 0) is 12.8 Å². The van der Waals surface area contributed by atoms with Gasteiger partial charge in [-0.3, -0.25) is 5.73 Å². The number of thiazole rings is 1. The molecule has 1 aromatic heterocycles. The monoisotopic (exact) mass is 225 g/mol. The van der Waals surface area contributed by atoms with Crippen LogP contribution in [0.4, 0.5) is 5.13 Å². The van der Waals surface area contributed by atoms with Crippen molar-refractivity contribution in [3.05, 3.63) is 10.6 Å². The Hall–Kier alpha value is -0.570. The highest BCUT2D eigenvalue weighted by Gasteiger charge is 2.23. The van der Waals surface area contributed by atoms with Crippen molar-refractivity contribution in [1.29, 1.82) is 0 Å². The Morgan fingerprint density at radius 1 is 1.47 bits per heavy atom. The predicted octanol–water partition coefficient (Wildman–Crippen LogP) is 2.83. The van der Waals surface area contributed by atoms with Crippen molar-refractivity contribution in [3.63, 3.8) is 0 Å². The minimum absolute atomic E-state index is 0.884. The van der Waals surface area contributed by atoms with E-state index in [9.17, 15) is 0 Å². The minimum Gasteiger partial charge on any atom is -0.278 e. The van der Waals surface area contributed by atoms with Gasteiger partial charge < -0.3 is 0 Å². The third-order valence-corrected chi connectivity index (χ3v) is 4.32. The fourth-order valence-corrected chi connectivity index (χ4v) is 3.48. The molecule has 1 aliphatic carbocycles. The Morgan fingerprint density at radius 3 is 3.13 bits per heavy atom. The minimum atomic E-state index is 0.884. The van der Waals surface area contributed by atoms with Crippen LogP contribution in [0.5, 0.6) is 0 Å². The molecular formula is C12H21N2S+. The summed E-state index contributed by atoms with van der Waals surface area (Å²) in [5, 5.41) is 0.884. The largest absolute Gasteiger partial charge is 0.329 e. The van der Waals surface area contributed by atoms with E-state index in [0.29, 0.717) is 0 Å². The molecule has 0 aliphatic heterocycles. The van der Waals surface area contributed by atoms with Crippen molar-refractivity contribution in [2.75, 3.05) is 5.73 Å². The van der Waals surface area contributed by atoms with Crippen LogP contribution in [0.1, 0.15) is 49.6 Å². The number of nitrogens with one attached hydrogen (secondary N) is 1. The molecular weight excluding hydrogens is 204 g/mol. The molecule has 0 saturated heterocycles. The Labute approximate surface area is 95.9 Å². The first kappa shape index (κ1) is 10.9. The number of aromatic amines is 1. The highest BCUT2D eigenvalue weighted by atomic mass is 32.1. The summed E-state index contributed by atoms with van der Waals surface area (Å²) in [6, 6.07) is 0. The van der Waals surface area contributed by atoms with Crippen LogP contribution < -0.4 is 10.7 Å². The molecule has 1 unspecified atom stereocenters.